The van der Waals surface area contributed by atoms with E-state index in [2.05, 4.69) is 10.2 Å². The third-order valence-corrected chi connectivity index (χ3v) is 1.73. The van der Waals surface area contributed by atoms with Crippen LogP contribution >= 0.6 is 0 Å². The first-order valence-corrected chi connectivity index (χ1v) is 4.62. The molecule has 90 valence electrons. The number of nitrogens with zero attached hydrogens (tertiary/aromatic N) is 1. The number of benzene rings is 1. The van der Waals surface area contributed by atoms with Crippen LogP contribution in [-0.2, 0) is 6.54 Å². The third-order valence-electron chi connectivity index (χ3n) is 1.73. The van der Waals surface area contributed by atoms with E-state index in [4.69, 9.17) is 0 Å². The van der Waals surface area contributed by atoms with Crippen molar-refractivity contribution in [1.29, 1.82) is 0 Å². The van der Waals surface area contributed by atoms with Gasteiger partial charge in [0, 0.05) is 20.6 Å². The van der Waals surface area contributed by atoms with Crippen molar-refractivity contribution >= 4 is 0 Å². The molecule has 0 bridgehead atoms. The van der Waals surface area contributed by atoms with E-state index < -0.39 is 6.36 Å². The summed E-state index contributed by atoms with van der Waals surface area (Å²) < 4.78 is 39.6. The fourth-order valence-corrected chi connectivity index (χ4v) is 1.10. The number of hydrogen-bond acceptors (Lipinski definition) is 3. The Morgan fingerprint density at radius 2 is 2.00 bits per heavy atom. The predicted molar refractivity (Wildman–Crippen MR) is 53.7 cm³/mol. The number of alkyl halides is 3. The summed E-state index contributed by atoms with van der Waals surface area (Å²) in [5.74, 6) is -0.203. The molecule has 0 spiro atoms. The van der Waals surface area contributed by atoms with Gasteiger partial charge in [-0.15, -0.1) is 13.2 Å². The molecule has 0 amide bonds. The Balaban J connectivity index is 2.64. The van der Waals surface area contributed by atoms with Crippen LogP contribution in [-0.4, -0.2) is 25.5 Å². The number of rotatable bonds is 4. The van der Waals surface area contributed by atoms with Gasteiger partial charge in [-0.25, -0.2) is 0 Å². The smallest absolute Gasteiger partial charge is 0.406 e. The Labute approximate surface area is 91.8 Å². The first-order chi connectivity index (χ1) is 7.37. The van der Waals surface area contributed by atoms with Gasteiger partial charge in [0.25, 0.3) is 0 Å². The zero-order chi connectivity index (χ0) is 12.2. The molecule has 0 unspecified atom stereocenters. The molecule has 0 heterocycles. The second kappa shape index (κ2) is 5.18. The molecule has 0 aliphatic carbocycles. The highest BCUT2D eigenvalue weighted by Crippen LogP contribution is 2.23. The topological polar surface area (TPSA) is 24.5 Å². The molecule has 0 saturated heterocycles. The Morgan fingerprint density at radius 3 is 2.56 bits per heavy atom. The van der Waals surface area contributed by atoms with Crippen LogP contribution < -0.4 is 10.2 Å². The molecule has 1 aromatic rings. The Morgan fingerprint density at radius 1 is 1.31 bits per heavy atom. The lowest BCUT2D eigenvalue weighted by Crippen LogP contribution is -2.29. The van der Waals surface area contributed by atoms with E-state index >= 15 is 0 Å². The number of ether oxygens (including phenoxy) is 1. The average molecular weight is 234 g/mol. The summed E-state index contributed by atoms with van der Waals surface area (Å²) >= 11 is 0. The fourth-order valence-electron chi connectivity index (χ4n) is 1.10. The van der Waals surface area contributed by atoms with Crippen LogP contribution in [0.4, 0.5) is 13.2 Å². The van der Waals surface area contributed by atoms with Crippen LogP contribution in [0.3, 0.4) is 0 Å². The van der Waals surface area contributed by atoms with Gasteiger partial charge in [0.05, 0.1) is 0 Å². The molecule has 1 N–H and O–H groups in total. The molecule has 0 atom stereocenters. The van der Waals surface area contributed by atoms with Gasteiger partial charge in [0.1, 0.15) is 5.75 Å². The first-order valence-electron chi connectivity index (χ1n) is 4.62. The van der Waals surface area contributed by atoms with Crippen molar-refractivity contribution in [1.82, 2.24) is 10.4 Å². The molecule has 3 nitrogen and oxygen atoms in total. The van der Waals surface area contributed by atoms with E-state index in [-0.39, 0.29) is 5.75 Å². The molecule has 0 aliphatic rings. The number of hydrogen-bond donors (Lipinski definition) is 1. The van der Waals surface area contributed by atoms with E-state index in [9.17, 15) is 13.2 Å². The maximum atomic E-state index is 11.9. The summed E-state index contributed by atoms with van der Waals surface area (Å²) in [5, 5.41) is 1.72. The van der Waals surface area contributed by atoms with Crippen molar-refractivity contribution in [2.45, 2.75) is 12.9 Å². The Hall–Kier alpha value is -1.27. The zero-order valence-corrected chi connectivity index (χ0v) is 9.01. The van der Waals surface area contributed by atoms with Gasteiger partial charge < -0.3 is 4.74 Å². The minimum atomic E-state index is -4.65. The molecule has 1 rings (SSSR count). The minimum absolute atomic E-state index is 0.203. The van der Waals surface area contributed by atoms with E-state index in [1.165, 1.54) is 18.2 Å². The second-order valence-electron chi connectivity index (χ2n) is 3.42. The summed E-state index contributed by atoms with van der Waals surface area (Å²) in [6.07, 6.45) is -4.65. The SMILES string of the molecule is CN(C)NCc1cccc(OC(F)(F)F)c1. The van der Waals surface area contributed by atoms with Gasteiger partial charge in [-0.3, -0.25) is 10.4 Å². The lowest BCUT2D eigenvalue weighted by Gasteiger charge is -2.13. The highest BCUT2D eigenvalue weighted by atomic mass is 19.4. The van der Waals surface area contributed by atoms with Crippen LogP contribution in [0.5, 0.6) is 5.75 Å². The van der Waals surface area contributed by atoms with Gasteiger partial charge in [-0.1, -0.05) is 12.1 Å². The molecule has 0 saturated carbocycles. The first kappa shape index (κ1) is 12.8. The molecule has 16 heavy (non-hydrogen) atoms. The van der Waals surface area contributed by atoms with Crippen LogP contribution in [0, 0.1) is 0 Å². The van der Waals surface area contributed by atoms with Crippen LogP contribution in [0.15, 0.2) is 24.3 Å². The molecule has 0 aromatic heterocycles. The van der Waals surface area contributed by atoms with Crippen molar-refractivity contribution in [3.8, 4) is 5.75 Å². The second-order valence-corrected chi connectivity index (χ2v) is 3.42. The third kappa shape index (κ3) is 4.99. The molecule has 0 fully saturated rings. The van der Waals surface area contributed by atoms with Crippen LogP contribution in [0.2, 0.25) is 0 Å². The fraction of sp³-hybridized carbons (Fsp3) is 0.400. The van der Waals surface area contributed by atoms with Gasteiger partial charge in [0.2, 0.25) is 0 Å². The summed E-state index contributed by atoms with van der Waals surface area (Å²) in [7, 11) is 3.60. The number of nitrogens with one attached hydrogen (secondary N) is 1. The lowest BCUT2D eigenvalue weighted by molar-refractivity contribution is -0.274. The molecular formula is C10H13F3N2O. The van der Waals surface area contributed by atoms with E-state index in [0.29, 0.717) is 6.54 Å². The van der Waals surface area contributed by atoms with E-state index in [0.717, 1.165) is 5.56 Å². The molecule has 0 aliphatic heterocycles. The van der Waals surface area contributed by atoms with Crippen LogP contribution in [0.25, 0.3) is 0 Å². The Bertz CT molecular complexity index is 339. The zero-order valence-electron chi connectivity index (χ0n) is 9.01. The van der Waals surface area contributed by atoms with Crippen molar-refractivity contribution in [2.24, 2.45) is 0 Å². The standard InChI is InChI=1S/C10H13F3N2O/c1-15(2)14-7-8-4-3-5-9(6-8)16-10(11,12)13/h3-6,14H,7H2,1-2H3. The van der Waals surface area contributed by atoms with Crippen LogP contribution in [0.1, 0.15) is 5.56 Å². The monoisotopic (exact) mass is 234 g/mol. The summed E-state index contributed by atoms with van der Waals surface area (Å²) in [4.78, 5) is 0. The Kier molecular flexibility index (Phi) is 4.14. The normalized spacial score (nSPS) is 11.9. The van der Waals surface area contributed by atoms with Crippen molar-refractivity contribution in [3.05, 3.63) is 29.8 Å². The highest BCUT2D eigenvalue weighted by molar-refractivity contribution is 5.28. The summed E-state index contributed by atoms with van der Waals surface area (Å²) in [6.45, 7) is 0.446. The molecule has 0 radical (unpaired) electrons. The van der Waals surface area contributed by atoms with Crippen molar-refractivity contribution in [3.63, 3.8) is 0 Å². The number of hydrazine groups is 1. The van der Waals surface area contributed by atoms with Gasteiger partial charge >= 0.3 is 6.36 Å². The largest absolute Gasteiger partial charge is 0.573 e. The predicted octanol–water partition coefficient (Wildman–Crippen LogP) is 2.15. The lowest BCUT2D eigenvalue weighted by atomic mass is 10.2. The summed E-state index contributed by atoms with van der Waals surface area (Å²) in [6, 6.07) is 5.87. The van der Waals surface area contributed by atoms with Gasteiger partial charge in [-0.2, -0.15) is 0 Å². The van der Waals surface area contributed by atoms with Gasteiger partial charge in [0.15, 0.2) is 0 Å². The minimum Gasteiger partial charge on any atom is -0.406 e. The molecule has 1 aromatic carbocycles. The van der Waals surface area contributed by atoms with Gasteiger partial charge in [-0.05, 0) is 17.7 Å². The maximum absolute atomic E-state index is 11.9. The molecular weight excluding hydrogens is 221 g/mol. The quantitative estimate of drug-likeness (QED) is 0.808. The average Bonchev–Trinajstić information content (AvgIpc) is 2.12. The van der Waals surface area contributed by atoms with Crippen molar-refractivity contribution < 1.29 is 17.9 Å². The molecule has 6 heteroatoms. The van der Waals surface area contributed by atoms with Crippen molar-refractivity contribution in [2.75, 3.05) is 14.1 Å². The summed E-state index contributed by atoms with van der Waals surface area (Å²) in [5.41, 5.74) is 3.67. The van der Waals surface area contributed by atoms with E-state index in [1.54, 1.807) is 25.2 Å². The van der Waals surface area contributed by atoms with E-state index in [1.807, 2.05) is 0 Å². The number of halogens is 3. The highest BCUT2D eigenvalue weighted by Gasteiger charge is 2.31. The maximum Gasteiger partial charge on any atom is 0.573 e.